The fourth-order valence-electron chi connectivity index (χ4n) is 3.03. The predicted molar refractivity (Wildman–Crippen MR) is 76.1 cm³/mol. The van der Waals surface area contributed by atoms with E-state index in [1.54, 1.807) is 0 Å². The smallest absolute Gasteiger partial charge is 0.248 e. The van der Waals surface area contributed by atoms with Gasteiger partial charge >= 0.3 is 0 Å². The molecule has 2 nitrogen and oxygen atoms in total. The molecule has 1 aromatic rings. The van der Waals surface area contributed by atoms with Crippen molar-refractivity contribution < 1.29 is 18.3 Å². The number of halogens is 4. The molecule has 0 amide bonds. The Labute approximate surface area is 127 Å². The van der Waals surface area contributed by atoms with E-state index in [1.807, 2.05) is 0 Å². The summed E-state index contributed by atoms with van der Waals surface area (Å²) >= 11 is 6.00. The van der Waals surface area contributed by atoms with Crippen LogP contribution >= 0.6 is 11.6 Å². The zero-order chi connectivity index (χ0) is 15.6. The molecule has 2 atom stereocenters. The molecule has 1 aliphatic rings. The SMILES string of the molecule is NCC(c1c(F)cccc1Cl)C(O)C1CCC(F)(F)CC1. The Morgan fingerprint density at radius 1 is 1.33 bits per heavy atom. The highest BCUT2D eigenvalue weighted by atomic mass is 35.5. The quantitative estimate of drug-likeness (QED) is 0.888. The summed E-state index contributed by atoms with van der Waals surface area (Å²) in [4.78, 5) is 0. The van der Waals surface area contributed by atoms with Gasteiger partial charge in [-0.05, 0) is 30.9 Å². The number of aliphatic hydroxyl groups excluding tert-OH is 1. The van der Waals surface area contributed by atoms with Crippen LogP contribution in [-0.2, 0) is 0 Å². The molecule has 0 radical (unpaired) electrons. The average Bonchev–Trinajstić information content (AvgIpc) is 2.42. The molecule has 3 N–H and O–H groups in total. The normalized spacial score (nSPS) is 22.0. The van der Waals surface area contributed by atoms with Crippen LogP contribution in [0.3, 0.4) is 0 Å². The third-order valence-electron chi connectivity index (χ3n) is 4.28. The zero-order valence-corrected chi connectivity index (χ0v) is 12.3. The second-order valence-corrected chi connectivity index (χ2v) is 6.07. The lowest BCUT2D eigenvalue weighted by Crippen LogP contribution is -2.37. The van der Waals surface area contributed by atoms with Crippen molar-refractivity contribution in [1.82, 2.24) is 0 Å². The lowest BCUT2D eigenvalue weighted by Gasteiger charge is -2.35. The van der Waals surface area contributed by atoms with E-state index in [0.29, 0.717) is 0 Å². The summed E-state index contributed by atoms with van der Waals surface area (Å²) in [5.41, 5.74) is 5.84. The van der Waals surface area contributed by atoms with Crippen molar-refractivity contribution >= 4 is 11.6 Å². The Morgan fingerprint density at radius 3 is 2.48 bits per heavy atom. The van der Waals surface area contributed by atoms with Crippen molar-refractivity contribution in [3.8, 4) is 0 Å². The van der Waals surface area contributed by atoms with Gasteiger partial charge in [0.1, 0.15) is 5.82 Å². The standard InChI is InChI=1S/C15H19ClF3NO/c16-11-2-1-3-12(17)13(11)10(8-20)14(21)9-4-6-15(18,19)7-5-9/h1-3,9-10,14,21H,4-8,20H2. The Hall–Kier alpha value is -0.780. The van der Waals surface area contributed by atoms with Gasteiger partial charge in [-0.3, -0.25) is 0 Å². The molecule has 1 fully saturated rings. The van der Waals surface area contributed by atoms with Crippen molar-refractivity contribution in [3.63, 3.8) is 0 Å². The summed E-state index contributed by atoms with van der Waals surface area (Å²) in [6, 6.07) is 4.26. The van der Waals surface area contributed by atoms with Crippen molar-refractivity contribution in [2.24, 2.45) is 11.7 Å². The molecule has 1 saturated carbocycles. The second-order valence-electron chi connectivity index (χ2n) is 5.66. The number of hydrogen-bond acceptors (Lipinski definition) is 2. The summed E-state index contributed by atoms with van der Waals surface area (Å²) in [7, 11) is 0. The van der Waals surface area contributed by atoms with Crippen molar-refractivity contribution in [1.29, 1.82) is 0 Å². The minimum absolute atomic E-state index is 0.00864. The minimum atomic E-state index is -2.66. The number of aliphatic hydroxyl groups is 1. The molecule has 0 aliphatic heterocycles. The first-order valence-corrected chi connectivity index (χ1v) is 7.43. The van der Waals surface area contributed by atoms with Crippen LogP contribution < -0.4 is 5.73 Å². The third kappa shape index (κ3) is 3.71. The summed E-state index contributed by atoms with van der Waals surface area (Å²) in [5.74, 6) is -4.19. The van der Waals surface area contributed by atoms with Crippen LogP contribution in [0.15, 0.2) is 18.2 Å². The molecule has 1 aromatic carbocycles. The number of rotatable bonds is 4. The first-order valence-electron chi connectivity index (χ1n) is 7.05. The van der Waals surface area contributed by atoms with Gasteiger partial charge in [-0.2, -0.15) is 0 Å². The van der Waals surface area contributed by atoms with Gasteiger partial charge < -0.3 is 10.8 Å². The van der Waals surface area contributed by atoms with Crippen LogP contribution in [0.25, 0.3) is 0 Å². The van der Waals surface area contributed by atoms with E-state index in [1.165, 1.54) is 18.2 Å². The van der Waals surface area contributed by atoms with Crippen molar-refractivity contribution in [2.75, 3.05) is 6.54 Å². The molecule has 2 rings (SSSR count). The fourth-order valence-corrected chi connectivity index (χ4v) is 3.33. The monoisotopic (exact) mass is 321 g/mol. The van der Waals surface area contributed by atoms with Crippen LogP contribution in [0.4, 0.5) is 13.2 Å². The molecule has 0 saturated heterocycles. The predicted octanol–water partition coefficient (Wildman–Crippen LogP) is 3.71. The molecule has 0 spiro atoms. The molecule has 2 unspecified atom stereocenters. The van der Waals surface area contributed by atoms with Crippen LogP contribution in [0, 0.1) is 11.7 Å². The molecule has 1 aliphatic carbocycles. The highest BCUT2D eigenvalue weighted by Gasteiger charge is 2.40. The Balaban J connectivity index is 2.18. The first kappa shape index (κ1) is 16.6. The molecule has 0 heterocycles. The Morgan fingerprint density at radius 2 is 1.95 bits per heavy atom. The van der Waals surface area contributed by atoms with E-state index in [2.05, 4.69) is 0 Å². The molecule has 21 heavy (non-hydrogen) atoms. The van der Waals surface area contributed by atoms with E-state index in [4.69, 9.17) is 17.3 Å². The summed E-state index contributed by atoms with van der Waals surface area (Å²) in [5, 5.41) is 10.7. The van der Waals surface area contributed by atoms with Crippen molar-refractivity contribution in [3.05, 3.63) is 34.6 Å². The maximum absolute atomic E-state index is 14.0. The maximum atomic E-state index is 14.0. The highest BCUT2D eigenvalue weighted by molar-refractivity contribution is 6.31. The van der Waals surface area contributed by atoms with Crippen molar-refractivity contribution in [2.45, 2.75) is 43.6 Å². The van der Waals surface area contributed by atoms with E-state index >= 15 is 0 Å². The molecule has 0 bridgehead atoms. The average molecular weight is 322 g/mol. The van der Waals surface area contributed by atoms with Gasteiger partial charge in [0.25, 0.3) is 0 Å². The number of alkyl halides is 2. The second kappa shape index (κ2) is 6.55. The van der Waals surface area contributed by atoms with Gasteiger partial charge in [0.15, 0.2) is 0 Å². The Kier molecular flexibility index (Phi) is 5.17. The van der Waals surface area contributed by atoms with Gasteiger partial charge in [0.2, 0.25) is 5.92 Å². The molecule has 6 heteroatoms. The van der Waals surface area contributed by atoms with Gasteiger partial charge in [0.05, 0.1) is 6.10 Å². The third-order valence-corrected chi connectivity index (χ3v) is 4.61. The largest absolute Gasteiger partial charge is 0.392 e. The minimum Gasteiger partial charge on any atom is -0.392 e. The van der Waals surface area contributed by atoms with Crippen LogP contribution in [-0.4, -0.2) is 23.7 Å². The lowest BCUT2D eigenvalue weighted by molar-refractivity contribution is -0.0652. The van der Waals surface area contributed by atoms with Gasteiger partial charge in [0, 0.05) is 35.9 Å². The van der Waals surface area contributed by atoms with Crippen LogP contribution in [0.5, 0.6) is 0 Å². The molecular formula is C15H19ClF3NO. The zero-order valence-electron chi connectivity index (χ0n) is 11.5. The maximum Gasteiger partial charge on any atom is 0.248 e. The van der Waals surface area contributed by atoms with E-state index in [9.17, 15) is 18.3 Å². The molecule has 0 aromatic heterocycles. The van der Waals surface area contributed by atoms with E-state index in [0.717, 1.165) is 0 Å². The number of hydrogen-bond donors (Lipinski definition) is 2. The molecular weight excluding hydrogens is 303 g/mol. The van der Waals surface area contributed by atoms with Gasteiger partial charge in [-0.1, -0.05) is 17.7 Å². The number of nitrogens with two attached hydrogens (primary N) is 1. The Bertz CT molecular complexity index is 468. The lowest BCUT2D eigenvalue weighted by atomic mass is 9.77. The van der Waals surface area contributed by atoms with E-state index < -0.39 is 23.8 Å². The van der Waals surface area contributed by atoms with Crippen LogP contribution in [0.1, 0.15) is 37.2 Å². The molecule has 118 valence electrons. The fraction of sp³-hybridized carbons (Fsp3) is 0.600. The van der Waals surface area contributed by atoms with Gasteiger partial charge in [-0.25, -0.2) is 13.2 Å². The number of benzene rings is 1. The first-order chi connectivity index (χ1) is 9.85. The summed E-state index contributed by atoms with van der Waals surface area (Å²) < 4.78 is 40.3. The topological polar surface area (TPSA) is 46.2 Å². The van der Waals surface area contributed by atoms with Crippen LogP contribution in [0.2, 0.25) is 5.02 Å². The van der Waals surface area contributed by atoms with E-state index in [-0.39, 0.29) is 48.7 Å². The summed E-state index contributed by atoms with van der Waals surface area (Å²) in [6.45, 7) is 0.00864. The van der Waals surface area contributed by atoms with Gasteiger partial charge in [-0.15, -0.1) is 0 Å². The summed E-state index contributed by atoms with van der Waals surface area (Å²) in [6.07, 6.45) is -1.07. The highest BCUT2D eigenvalue weighted by Crippen LogP contribution is 2.41.